The zero-order chi connectivity index (χ0) is 34.2. The Labute approximate surface area is 277 Å². The summed E-state index contributed by atoms with van der Waals surface area (Å²) < 4.78 is 20.7. The van der Waals surface area contributed by atoms with Crippen LogP contribution in [0.2, 0.25) is 61.4 Å². The van der Waals surface area contributed by atoms with E-state index in [1.54, 1.807) is 0 Å². The zero-order valence-corrected chi connectivity index (χ0v) is 33.8. The van der Waals surface area contributed by atoms with Crippen molar-refractivity contribution >= 4 is 30.5 Å². The number of aliphatic hydroxyl groups is 3. The van der Waals surface area contributed by atoms with Gasteiger partial charge in [-0.2, -0.15) is 0 Å². The summed E-state index contributed by atoms with van der Waals surface area (Å²) in [4.78, 5) is 15.9. The van der Waals surface area contributed by atoms with Crippen LogP contribution in [0.3, 0.4) is 0 Å². The summed E-state index contributed by atoms with van der Waals surface area (Å²) in [5, 5.41) is 38.5. The summed E-state index contributed by atoms with van der Waals surface area (Å²) in [6.07, 6.45) is -2.58. The van der Waals surface area contributed by atoms with Crippen molar-refractivity contribution in [3.63, 3.8) is 0 Å². The quantitative estimate of drug-likeness (QED) is 0.158. The average Bonchev–Trinajstić information content (AvgIpc) is 2.98. The van der Waals surface area contributed by atoms with Crippen molar-refractivity contribution < 1.29 is 33.7 Å². The summed E-state index contributed by atoms with van der Waals surface area (Å²) >= 11 is 0. The van der Waals surface area contributed by atoms with Gasteiger partial charge in [0.15, 0.2) is 22.4 Å². The molecule has 7 nitrogen and oxygen atoms in total. The molecule has 3 aliphatic carbocycles. The molecule has 4 rings (SSSR count). The first kappa shape index (κ1) is 37.6. The smallest absolute Gasteiger partial charge is 0.193 e. The fourth-order valence-electron chi connectivity index (χ4n) is 10.1. The highest BCUT2D eigenvalue weighted by molar-refractivity contribution is 6.78. The number of ether oxygens (including phenoxy) is 1. The third-order valence-corrected chi connectivity index (χ3v) is 26.1. The van der Waals surface area contributed by atoms with E-state index in [4.69, 9.17) is 13.6 Å². The summed E-state index contributed by atoms with van der Waals surface area (Å²) in [5.74, 6) is -1.06. The number of aliphatic hydroxyl groups excluding tert-OH is 1. The molecule has 2 bridgehead atoms. The minimum absolute atomic E-state index is 0.0334. The first-order valence-corrected chi connectivity index (χ1v) is 26.7. The lowest BCUT2D eigenvalue weighted by Gasteiger charge is -2.68. The Morgan fingerprint density at radius 2 is 1.36 bits per heavy atom. The van der Waals surface area contributed by atoms with Crippen molar-refractivity contribution in [2.45, 2.75) is 179 Å². The minimum atomic E-state index is -2.36. The number of fused-ring (bicyclic) bond motifs is 5. The van der Waals surface area contributed by atoms with Gasteiger partial charge in [0, 0.05) is 17.8 Å². The number of Topliss-reactive ketones (excluding diaryl/α,β-unsaturated/α-hetero) is 1. The minimum Gasteiger partial charge on any atom is -0.413 e. The van der Waals surface area contributed by atoms with Crippen LogP contribution in [0.25, 0.3) is 0 Å². The highest BCUT2D eigenvalue weighted by atomic mass is 28.4. The van der Waals surface area contributed by atoms with Gasteiger partial charge >= 0.3 is 0 Å². The number of ketones is 1. The number of hydrogen-bond donors (Lipinski definition) is 3. The van der Waals surface area contributed by atoms with Crippen molar-refractivity contribution in [1.29, 1.82) is 0 Å². The van der Waals surface area contributed by atoms with Crippen LogP contribution < -0.4 is 0 Å². The third kappa shape index (κ3) is 5.34. The fourth-order valence-corrected chi connectivity index (χ4v) is 18.2. The van der Waals surface area contributed by atoms with Gasteiger partial charge in [-0.15, -0.1) is 0 Å². The molecule has 4 aliphatic rings. The third-order valence-electron chi connectivity index (χ3n) is 14.1. The van der Waals surface area contributed by atoms with Crippen LogP contribution in [-0.2, 0) is 18.4 Å². The van der Waals surface area contributed by atoms with Crippen molar-refractivity contribution in [2.24, 2.45) is 16.7 Å². The molecule has 3 N–H and O–H groups in total. The highest BCUT2D eigenvalue weighted by Gasteiger charge is 2.76. The number of hydrogen-bond acceptors (Lipinski definition) is 7. The second-order valence-electron chi connectivity index (χ2n) is 17.0. The lowest BCUT2D eigenvalue weighted by molar-refractivity contribution is -0.342. The Bertz CT molecular complexity index is 1140. The van der Waals surface area contributed by atoms with Gasteiger partial charge in [-0.1, -0.05) is 80.6 Å². The predicted octanol–water partition coefficient (Wildman–Crippen LogP) is 7.05. The Kier molecular flexibility index (Phi) is 10.3. The zero-order valence-electron chi connectivity index (χ0n) is 30.8. The maximum absolute atomic E-state index is 15.9. The Balaban J connectivity index is 2.10. The van der Waals surface area contributed by atoms with E-state index in [1.165, 1.54) is 0 Å². The van der Waals surface area contributed by atoms with E-state index in [2.05, 4.69) is 68.1 Å². The van der Waals surface area contributed by atoms with E-state index >= 15 is 4.79 Å². The van der Waals surface area contributed by atoms with Gasteiger partial charge in [-0.3, -0.25) is 4.79 Å². The molecule has 0 unspecified atom stereocenters. The van der Waals surface area contributed by atoms with E-state index in [1.807, 2.05) is 20.8 Å². The molecular formula is C35H66O7Si3. The Hall–Kier alpha value is -0.179. The molecule has 0 aromatic carbocycles. The summed E-state index contributed by atoms with van der Waals surface area (Å²) in [6.45, 7) is 28.1. The van der Waals surface area contributed by atoms with Crippen LogP contribution in [0.4, 0.5) is 0 Å². The van der Waals surface area contributed by atoms with Crippen molar-refractivity contribution in [3.05, 3.63) is 11.1 Å². The molecule has 0 aromatic heterocycles. The summed E-state index contributed by atoms with van der Waals surface area (Å²) in [5.41, 5.74) is -3.25. The molecule has 10 heteroatoms. The van der Waals surface area contributed by atoms with Gasteiger partial charge in [0.1, 0.15) is 17.3 Å². The standard InChI is InChI=1S/C35H66O7Si3/c1-14-44(15-2,16-3)41-25-20-26-34(38,22-40-26)29-31(37)35(39)21-24(43(11,12)13)23(7)27(32(35,8)9)28(30(36)33(25,29)10)42-45(17-4,18-5)19-6/h24-26,28-29,31,37-39H,14-22H2,1-13H3/t24-,25-,26+,28+,29-,31-,33+,34-,35+/m0/s1. The molecule has 1 saturated heterocycles. The van der Waals surface area contributed by atoms with Crippen molar-refractivity contribution in [2.75, 3.05) is 6.61 Å². The van der Waals surface area contributed by atoms with E-state index in [9.17, 15) is 15.3 Å². The molecular weight excluding hydrogens is 617 g/mol. The molecule has 0 aromatic rings. The number of carbonyl (C=O) groups excluding carboxylic acids is 1. The topological polar surface area (TPSA) is 105 Å². The van der Waals surface area contributed by atoms with E-state index in [0.29, 0.717) is 12.8 Å². The maximum atomic E-state index is 15.9. The van der Waals surface area contributed by atoms with Crippen LogP contribution in [0.1, 0.15) is 82.1 Å². The molecule has 2 saturated carbocycles. The lowest BCUT2D eigenvalue weighted by atomic mass is 9.45. The molecule has 9 atom stereocenters. The van der Waals surface area contributed by atoms with E-state index in [-0.39, 0.29) is 17.9 Å². The molecule has 0 radical (unpaired) electrons. The second kappa shape index (κ2) is 12.3. The van der Waals surface area contributed by atoms with Crippen LogP contribution in [-0.4, -0.2) is 88.0 Å². The first-order chi connectivity index (χ1) is 20.7. The van der Waals surface area contributed by atoms with Crippen LogP contribution >= 0.6 is 0 Å². The summed E-state index contributed by atoms with van der Waals surface area (Å²) in [7, 11) is -6.56. The summed E-state index contributed by atoms with van der Waals surface area (Å²) in [6, 6.07) is 5.41. The molecule has 1 aliphatic heterocycles. The molecule has 0 amide bonds. The van der Waals surface area contributed by atoms with Gasteiger partial charge < -0.3 is 28.9 Å². The monoisotopic (exact) mass is 682 g/mol. The first-order valence-electron chi connectivity index (χ1n) is 18.0. The van der Waals surface area contributed by atoms with Crippen LogP contribution in [0.5, 0.6) is 0 Å². The van der Waals surface area contributed by atoms with Gasteiger partial charge in [0.25, 0.3) is 0 Å². The van der Waals surface area contributed by atoms with Crippen molar-refractivity contribution in [3.8, 4) is 0 Å². The molecule has 3 fully saturated rings. The Morgan fingerprint density at radius 3 is 1.78 bits per heavy atom. The van der Waals surface area contributed by atoms with Gasteiger partial charge in [-0.25, -0.2) is 0 Å². The normalized spacial score (nSPS) is 40.3. The largest absolute Gasteiger partial charge is 0.413 e. The van der Waals surface area contributed by atoms with Crippen molar-refractivity contribution in [1.82, 2.24) is 0 Å². The van der Waals surface area contributed by atoms with Gasteiger partial charge in [0.2, 0.25) is 0 Å². The second-order valence-corrected chi connectivity index (χ2v) is 31.8. The lowest BCUT2D eigenvalue weighted by Crippen LogP contribution is -2.81. The number of carbonyl (C=O) groups is 1. The average molecular weight is 683 g/mol. The predicted molar refractivity (Wildman–Crippen MR) is 189 cm³/mol. The molecule has 45 heavy (non-hydrogen) atoms. The Morgan fingerprint density at radius 1 is 0.867 bits per heavy atom. The van der Waals surface area contributed by atoms with Gasteiger partial charge in [0.05, 0.1) is 38.4 Å². The maximum Gasteiger partial charge on any atom is 0.193 e. The van der Waals surface area contributed by atoms with E-state index in [0.717, 1.165) is 47.4 Å². The fraction of sp³-hybridized carbons (Fsp3) is 0.914. The van der Waals surface area contributed by atoms with Gasteiger partial charge in [-0.05, 0) is 67.6 Å². The number of allylic oxidation sites excluding steroid dienone is 1. The van der Waals surface area contributed by atoms with Crippen LogP contribution in [0.15, 0.2) is 11.1 Å². The SMILES string of the molecule is CC[Si](CC)(CC)O[C@H]1C(=O)[C@]2(C)[C@@H](O[Si](CC)(CC)CC)C[C@H]3OC[C@@]3(O)[C@H]2[C@H](O)[C@]2(O)C[C@H]([Si](C)(C)C)C(C)=C1C2(C)C. The highest BCUT2D eigenvalue weighted by Crippen LogP contribution is 2.65. The van der Waals surface area contributed by atoms with E-state index < -0.39 is 77.1 Å². The molecule has 1 heterocycles. The molecule has 0 spiro atoms. The van der Waals surface area contributed by atoms with Crippen LogP contribution in [0, 0.1) is 16.7 Å². The number of rotatable bonds is 11. The molecule has 260 valence electrons.